The minimum absolute atomic E-state index is 0.0214. The van der Waals surface area contributed by atoms with Crippen molar-refractivity contribution in [2.75, 3.05) is 5.73 Å². The second-order valence-electron chi connectivity index (χ2n) is 5.43. The molecule has 0 aliphatic carbocycles. The molecule has 0 aliphatic heterocycles. The molecule has 0 saturated heterocycles. The molecule has 2 rings (SSSR count). The molecule has 0 radical (unpaired) electrons. The number of nitrogens with two attached hydrogens (primary N) is 1. The Labute approximate surface area is 124 Å². The van der Waals surface area contributed by atoms with Gasteiger partial charge in [0.05, 0.1) is 10.2 Å². The van der Waals surface area contributed by atoms with Crippen LogP contribution in [-0.4, -0.2) is 33.7 Å². The van der Waals surface area contributed by atoms with Gasteiger partial charge >= 0.3 is 13.1 Å². The standard InChI is InChI=1S/C12H14BFN2O4S/c1-12(2,3)20-11(17)10-16-8-7(13(18)19)6(15)4-5(14)9(8)21-10/h4,18-19H,15H2,1-3H3. The van der Waals surface area contributed by atoms with Gasteiger partial charge in [-0.15, -0.1) is 11.3 Å². The van der Waals surface area contributed by atoms with E-state index in [0.29, 0.717) is 0 Å². The van der Waals surface area contributed by atoms with Crippen LogP contribution in [0.25, 0.3) is 10.2 Å². The van der Waals surface area contributed by atoms with Crippen LogP contribution < -0.4 is 11.2 Å². The largest absolute Gasteiger partial charge is 0.492 e. The lowest BCUT2D eigenvalue weighted by Gasteiger charge is -2.18. The number of carbonyl (C=O) groups is 1. The highest BCUT2D eigenvalue weighted by molar-refractivity contribution is 7.20. The van der Waals surface area contributed by atoms with Gasteiger partial charge in [-0.25, -0.2) is 14.2 Å². The van der Waals surface area contributed by atoms with Crippen molar-refractivity contribution in [3.63, 3.8) is 0 Å². The van der Waals surface area contributed by atoms with Gasteiger partial charge in [-0.1, -0.05) is 0 Å². The van der Waals surface area contributed by atoms with E-state index in [1.54, 1.807) is 20.8 Å². The quantitative estimate of drug-likeness (QED) is 0.427. The lowest BCUT2D eigenvalue weighted by Crippen LogP contribution is -2.33. The van der Waals surface area contributed by atoms with E-state index in [4.69, 9.17) is 10.5 Å². The Morgan fingerprint density at radius 1 is 1.48 bits per heavy atom. The van der Waals surface area contributed by atoms with Crippen LogP contribution in [-0.2, 0) is 4.74 Å². The van der Waals surface area contributed by atoms with Gasteiger partial charge in [-0.05, 0) is 26.8 Å². The van der Waals surface area contributed by atoms with E-state index in [0.717, 1.165) is 17.4 Å². The highest BCUT2D eigenvalue weighted by Crippen LogP contribution is 2.27. The molecule has 0 amide bonds. The summed E-state index contributed by atoms with van der Waals surface area (Å²) < 4.78 is 19.1. The SMILES string of the molecule is CC(C)(C)OC(=O)c1nc2c(B(O)O)c(N)cc(F)c2s1. The van der Waals surface area contributed by atoms with Crippen molar-refractivity contribution in [1.82, 2.24) is 4.98 Å². The number of aromatic nitrogens is 1. The van der Waals surface area contributed by atoms with Gasteiger partial charge in [0.15, 0.2) is 0 Å². The van der Waals surface area contributed by atoms with E-state index < -0.39 is 24.5 Å². The van der Waals surface area contributed by atoms with Crippen LogP contribution >= 0.6 is 11.3 Å². The number of fused-ring (bicyclic) bond motifs is 1. The molecule has 0 aliphatic rings. The average molecular weight is 312 g/mol. The number of anilines is 1. The predicted octanol–water partition coefficient (Wildman–Crippen LogP) is 0.653. The van der Waals surface area contributed by atoms with Crippen molar-refractivity contribution in [2.45, 2.75) is 26.4 Å². The zero-order valence-electron chi connectivity index (χ0n) is 11.7. The molecular weight excluding hydrogens is 298 g/mol. The van der Waals surface area contributed by atoms with E-state index >= 15 is 0 Å². The lowest BCUT2D eigenvalue weighted by molar-refractivity contribution is 0.00694. The third-order valence-electron chi connectivity index (χ3n) is 2.52. The molecule has 4 N–H and O–H groups in total. The molecule has 112 valence electrons. The van der Waals surface area contributed by atoms with Gasteiger partial charge in [0.25, 0.3) is 0 Å². The fraction of sp³-hybridized carbons (Fsp3) is 0.333. The minimum Gasteiger partial charge on any atom is -0.455 e. The third-order valence-corrected chi connectivity index (χ3v) is 3.57. The van der Waals surface area contributed by atoms with Crippen LogP contribution in [0.5, 0.6) is 0 Å². The van der Waals surface area contributed by atoms with Crippen molar-refractivity contribution >= 4 is 45.8 Å². The Morgan fingerprint density at radius 2 is 2.10 bits per heavy atom. The summed E-state index contributed by atoms with van der Waals surface area (Å²) in [5, 5.41) is 18.6. The normalized spacial score (nSPS) is 11.7. The Bertz CT molecular complexity index is 711. The van der Waals surface area contributed by atoms with E-state index in [1.807, 2.05) is 0 Å². The Balaban J connectivity index is 2.58. The maximum atomic E-state index is 13.9. The van der Waals surface area contributed by atoms with E-state index in [-0.39, 0.29) is 26.4 Å². The molecule has 21 heavy (non-hydrogen) atoms. The number of rotatable bonds is 2. The smallest absolute Gasteiger partial charge is 0.455 e. The molecule has 0 unspecified atom stereocenters. The summed E-state index contributed by atoms with van der Waals surface area (Å²) in [4.78, 5) is 15.9. The zero-order chi connectivity index (χ0) is 15.9. The highest BCUT2D eigenvalue weighted by atomic mass is 32.1. The number of esters is 1. The van der Waals surface area contributed by atoms with Gasteiger partial charge in [0.2, 0.25) is 5.01 Å². The molecule has 9 heteroatoms. The predicted molar refractivity (Wildman–Crippen MR) is 79.0 cm³/mol. The number of benzene rings is 1. The van der Waals surface area contributed by atoms with Gasteiger partial charge in [0.1, 0.15) is 11.4 Å². The van der Waals surface area contributed by atoms with Crippen LogP contribution in [0.3, 0.4) is 0 Å². The number of carbonyl (C=O) groups excluding carboxylic acids is 1. The molecule has 2 aromatic rings. The molecular formula is C12H14BFN2O4S. The van der Waals surface area contributed by atoms with Crippen molar-refractivity contribution in [3.05, 3.63) is 16.9 Å². The zero-order valence-corrected chi connectivity index (χ0v) is 12.5. The number of hydrogen-bond acceptors (Lipinski definition) is 7. The van der Waals surface area contributed by atoms with Crippen LogP contribution in [0.1, 0.15) is 30.6 Å². The molecule has 1 aromatic carbocycles. The van der Waals surface area contributed by atoms with Crippen LogP contribution in [0.15, 0.2) is 6.07 Å². The number of ether oxygens (including phenoxy) is 1. The topological polar surface area (TPSA) is 106 Å². The van der Waals surface area contributed by atoms with Crippen molar-refractivity contribution in [2.24, 2.45) is 0 Å². The first-order chi connectivity index (χ1) is 9.60. The second-order valence-corrected chi connectivity index (χ2v) is 6.43. The molecule has 0 spiro atoms. The van der Waals surface area contributed by atoms with Crippen LogP contribution in [0.2, 0.25) is 0 Å². The Morgan fingerprint density at radius 3 is 2.62 bits per heavy atom. The fourth-order valence-electron chi connectivity index (χ4n) is 1.76. The molecule has 1 aromatic heterocycles. The summed E-state index contributed by atoms with van der Waals surface area (Å²) in [6, 6.07) is 0.966. The second kappa shape index (κ2) is 5.25. The third kappa shape index (κ3) is 3.15. The van der Waals surface area contributed by atoms with Crippen molar-refractivity contribution < 1.29 is 24.0 Å². The molecule has 1 heterocycles. The lowest BCUT2D eigenvalue weighted by atomic mass is 9.78. The summed E-state index contributed by atoms with van der Waals surface area (Å²) in [7, 11) is -1.92. The van der Waals surface area contributed by atoms with Crippen LogP contribution in [0.4, 0.5) is 10.1 Å². The van der Waals surface area contributed by atoms with Gasteiger partial charge in [0, 0.05) is 11.2 Å². The summed E-state index contributed by atoms with van der Waals surface area (Å²) in [6.07, 6.45) is 0. The van der Waals surface area contributed by atoms with Gasteiger partial charge < -0.3 is 20.5 Å². The maximum absolute atomic E-state index is 13.9. The summed E-state index contributed by atoms with van der Waals surface area (Å²) >= 11 is 0.775. The van der Waals surface area contributed by atoms with Gasteiger partial charge in [-0.2, -0.15) is 0 Å². The highest BCUT2D eigenvalue weighted by Gasteiger charge is 2.27. The maximum Gasteiger partial charge on any atom is 0.492 e. The average Bonchev–Trinajstić information content (AvgIpc) is 2.70. The Kier molecular flexibility index (Phi) is 3.92. The molecule has 6 nitrogen and oxygen atoms in total. The summed E-state index contributed by atoms with van der Waals surface area (Å²) in [5.41, 5.74) is 4.53. The first-order valence-corrected chi connectivity index (χ1v) is 6.89. The Hall–Kier alpha value is -1.71. The van der Waals surface area contributed by atoms with Crippen molar-refractivity contribution in [3.8, 4) is 0 Å². The number of nitrogens with zero attached hydrogens (tertiary/aromatic N) is 1. The first-order valence-electron chi connectivity index (χ1n) is 6.08. The molecule has 0 fully saturated rings. The number of halogens is 1. The number of hydrogen-bond donors (Lipinski definition) is 3. The van der Waals surface area contributed by atoms with Crippen molar-refractivity contribution in [1.29, 1.82) is 0 Å². The van der Waals surface area contributed by atoms with Gasteiger partial charge in [-0.3, -0.25) is 0 Å². The monoisotopic (exact) mass is 312 g/mol. The van der Waals surface area contributed by atoms with Crippen LogP contribution in [0, 0.1) is 5.82 Å². The van der Waals surface area contributed by atoms with E-state index in [9.17, 15) is 19.2 Å². The molecule has 0 saturated carbocycles. The van der Waals surface area contributed by atoms with E-state index in [1.165, 1.54) is 0 Å². The minimum atomic E-state index is -1.92. The summed E-state index contributed by atoms with van der Waals surface area (Å²) in [5.74, 6) is -1.39. The molecule has 0 atom stereocenters. The fourth-order valence-corrected chi connectivity index (χ4v) is 2.63. The van der Waals surface area contributed by atoms with E-state index in [2.05, 4.69) is 4.98 Å². The number of thiazole rings is 1. The number of nitrogen functional groups attached to an aromatic ring is 1. The molecule has 0 bridgehead atoms. The first kappa shape index (κ1) is 15.7. The summed E-state index contributed by atoms with van der Waals surface area (Å²) in [6.45, 7) is 5.08.